The van der Waals surface area contributed by atoms with E-state index in [9.17, 15) is 30.3 Å². The Morgan fingerprint density at radius 2 is 1.95 bits per heavy atom. The van der Waals surface area contributed by atoms with E-state index in [0.29, 0.717) is 30.8 Å². The van der Waals surface area contributed by atoms with Gasteiger partial charge in [0.15, 0.2) is 4.34 Å². The number of halogens is 1. The van der Waals surface area contributed by atoms with Gasteiger partial charge in [-0.25, -0.2) is 4.98 Å². The summed E-state index contributed by atoms with van der Waals surface area (Å²) in [6.07, 6.45) is 1.26. The van der Waals surface area contributed by atoms with Crippen LogP contribution in [0.2, 0.25) is 5.02 Å². The van der Waals surface area contributed by atoms with Gasteiger partial charge in [-0.15, -0.1) is 11.3 Å². The number of thiazole rings is 1. The monoisotopic (exact) mass is 551 g/mol. The molecule has 0 aliphatic carbocycles. The highest BCUT2D eigenvalue weighted by atomic mass is 35.5. The molecular weight excluding hydrogens is 538 g/mol. The first kappa shape index (κ1) is 25.8. The van der Waals surface area contributed by atoms with Crippen molar-refractivity contribution in [1.82, 2.24) is 4.98 Å². The molecule has 0 saturated carbocycles. The van der Waals surface area contributed by atoms with Crippen LogP contribution in [0, 0.1) is 38.5 Å². The Morgan fingerprint density at radius 3 is 2.65 bits per heavy atom. The van der Waals surface area contributed by atoms with Gasteiger partial charge in [0.05, 0.1) is 25.0 Å². The quantitative estimate of drug-likeness (QED) is 0.114. The number of hydrogen-bond donors (Lipinski definition) is 1. The van der Waals surface area contributed by atoms with Crippen molar-refractivity contribution in [2.24, 2.45) is 0 Å². The molecule has 4 aromatic rings. The van der Waals surface area contributed by atoms with Gasteiger partial charge in [0.1, 0.15) is 11.6 Å². The van der Waals surface area contributed by atoms with Gasteiger partial charge in [-0.1, -0.05) is 35.5 Å². The second-order valence-corrected chi connectivity index (χ2v) is 10.2. The SMILES string of the molecule is Cc1c(Cl)cccc1NC(=O)/C(C#N)=C/c1ccc(Sc2nc3ccc([N+](=O)[O-])cc3s2)c([N+](=O)[O-])c1. The summed E-state index contributed by atoms with van der Waals surface area (Å²) in [5.41, 5.74) is 1.34. The van der Waals surface area contributed by atoms with Gasteiger partial charge in [0.25, 0.3) is 17.3 Å². The predicted molar refractivity (Wildman–Crippen MR) is 142 cm³/mol. The molecule has 0 unspecified atom stereocenters. The van der Waals surface area contributed by atoms with Gasteiger partial charge < -0.3 is 5.32 Å². The van der Waals surface area contributed by atoms with Gasteiger partial charge in [-0.3, -0.25) is 25.0 Å². The maximum absolute atomic E-state index is 12.7. The fraction of sp³-hybridized carbons (Fsp3) is 0.0417. The van der Waals surface area contributed by atoms with Crippen LogP contribution >= 0.6 is 34.7 Å². The summed E-state index contributed by atoms with van der Waals surface area (Å²) in [6.45, 7) is 1.72. The second-order valence-electron chi connectivity index (χ2n) is 7.51. The van der Waals surface area contributed by atoms with Crippen molar-refractivity contribution in [2.75, 3.05) is 5.32 Å². The molecule has 0 aliphatic rings. The van der Waals surface area contributed by atoms with E-state index in [2.05, 4.69) is 10.3 Å². The fourth-order valence-corrected chi connectivity index (χ4v) is 5.56. The number of amides is 1. The Bertz CT molecular complexity index is 1660. The third-order valence-electron chi connectivity index (χ3n) is 5.13. The summed E-state index contributed by atoms with van der Waals surface area (Å²) >= 11 is 8.30. The van der Waals surface area contributed by atoms with Crippen LogP contribution in [0.3, 0.4) is 0 Å². The highest BCUT2D eigenvalue weighted by molar-refractivity contribution is 8.01. The maximum atomic E-state index is 12.7. The average Bonchev–Trinajstić information content (AvgIpc) is 3.27. The van der Waals surface area contributed by atoms with Crippen molar-refractivity contribution >= 4 is 74.0 Å². The largest absolute Gasteiger partial charge is 0.321 e. The number of rotatable bonds is 7. The Hall–Kier alpha value is -4.31. The predicted octanol–water partition coefficient (Wildman–Crippen LogP) is 6.77. The van der Waals surface area contributed by atoms with Crippen LogP contribution in [-0.2, 0) is 4.79 Å². The molecule has 0 atom stereocenters. The maximum Gasteiger partial charge on any atom is 0.283 e. The van der Waals surface area contributed by atoms with E-state index >= 15 is 0 Å². The molecule has 13 heteroatoms. The van der Waals surface area contributed by atoms with Crippen molar-refractivity contribution in [2.45, 2.75) is 16.2 Å². The van der Waals surface area contributed by atoms with Gasteiger partial charge >= 0.3 is 0 Å². The van der Waals surface area contributed by atoms with E-state index in [1.165, 1.54) is 47.7 Å². The third-order valence-corrected chi connectivity index (χ3v) is 7.69. The number of non-ortho nitro benzene ring substituents is 1. The Kier molecular flexibility index (Phi) is 7.49. The summed E-state index contributed by atoms with van der Waals surface area (Å²) in [5, 5.41) is 35.4. The van der Waals surface area contributed by atoms with Gasteiger partial charge in [-0.2, -0.15) is 5.26 Å². The number of hydrogen-bond acceptors (Lipinski definition) is 9. The smallest absolute Gasteiger partial charge is 0.283 e. The van der Waals surface area contributed by atoms with Gasteiger partial charge in [0.2, 0.25) is 0 Å². The lowest BCUT2D eigenvalue weighted by Gasteiger charge is -2.09. The average molecular weight is 552 g/mol. The zero-order valence-electron chi connectivity index (χ0n) is 18.8. The molecule has 0 fully saturated rings. The number of fused-ring (bicyclic) bond motifs is 1. The van der Waals surface area contributed by atoms with Crippen molar-refractivity contribution in [3.05, 3.63) is 96.5 Å². The number of aromatic nitrogens is 1. The lowest BCUT2D eigenvalue weighted by molar-refractivity contribution is -0.387. The summed E-state index contributed by atoms with van der Waals surface area (Å²) in [4.78, 5) is 39.0. The van der Waals surface area contributed by atoms with Crippen molar-refractivity contribution in [3.63, 3.8) is 0 Å². The molecule has 0 aliphatic heterocycles. The van der Waals surface area contributed by atoms with Gasteiger partial charge in [0, 0.05) is 28.9 Å². The minimum Gasteiger partial charge on any atom is -0.321 e. The van der Waals surface area contributed by atoms with Crippen molar-refractivity contribution < 1.29 is 14.6 Å². The molecule has 1 amide bonds. The number of nitro groups is 2. The van der Waals surface area contributed by atoms with E-state index in [-0.39, 0.29) is 27.4 Å². The lowest BCUT2D eigenvalue weighted by Crippen LogP contribution is -2.14. The molecule has 184 valence electrons. The molecule has 3 aromatic carbocycles. The highest BCUT2D eigenvalue weighted by Gasteiger charge is 2.19. The molecule has 0 saturated heterocycles. The van der Waals surface area contributed by atoms with Gasteiger partial charge in [-0.05, 0) is 48.4 Å². The number of nitro benzene ring substituents is 2. The molecular formula is C24H14ClN5O5S2. The highest BCUT2D eigenvalue weighted by Crippen LogP contribution is 2.40. The first-order chi connectivity index (χ1) is 17.7. The van der Waals surface area contributed by atoms with Crippen LogP contribution in [-0.4, -0.2) is 20.7 Å². The zero-order valence-corrected chi connectivity index (χ0v) is 21.2. The van der Waals surface area contributed by atoms with Crippen LogP contribution in [0.4, 0.5) is 17.1 Å². The van der Waals surface area contributed by atoms with Crippen LogP contribution in [0.1, 0.15) is 11.1 Å². The number of nitrogens with zero attached hydrogens (tertiary/aromatic N) is 4. The first-order valence-electron chi connectivity index (χ1n) is 10.4. The number of benzene rings is 3. The standard InChI is InChI=1S/C24H14ClN5O5S2/c1-13-17(25)3-2-4-18(13)27-23(31)15(12-26)9-14-5-8-21(20(10-14)30(34)35)36-24-28-19-7-6-16(29(32)33)11-22(19)37-24/h2-11H,1H3,(H,27,31)/b15-9+. The van der Waals surface area contributed by atoms with E-state index in [1.54, 1.807) is 31.2 Å². The summed E-state index contributed by atoms with van der Waals surface area (Å²) in [5.74, 6) is -0.683. The summed E-state index contributed by atoms with van der Waals surface area (Å²) in [7, 11) is 0. The number of nitriles is 1. The minimum absolute atomic E-state index is 0.0716. The molecule has 10 nitrogen and oxygen atoms in total. The van der Waals surface area contributed by atoms with Crippen molar-refractivity contribution in [1.29, 1.82) is 5.26 Å². The minimum atomic E-state index is -0.683. The Morgan fingerprint density at radius 1 is 1.16 bits per heavy atom. The van der Waals surface area contributed by atoms with Crippen LogP contribution in [0.25, 0.3) is 16.3 Å². The molecule has 0 bridgehead atoms. The molecule has 4 rings (SSSR count). The fourth-order valence-electron chi connectivity index (χ4n) is 3.24. The summed E-state index contributed by atoms with van der Waals surface area (Å²) < 4.78 is 1.05. The normalized spacial score (nSPS) is 11.2. The molecule has 0 radical (unpaired) electrons. The van der Waals surface area contributed by atoms with E-state index in [1.807, 2.05) is 6.07 Å². The second kappa shape index (κ2) is 10.8. The third kappa shape index (κ3) is 5.75. The Balaban J connectivity index is 1.61. The van der Waals surface area contributed by atoms with Crippen LogP contribution < -0.4 is 5.32 Å². The zero-order chi connectivity index (χ0) is 26.7. The van der Waals surface area contributed by atoms with E-state index in [4.69, 9.17) is 11.6 Å². The van der Waals surface area contributed by atoms with Crippen molar-refractivity contribution in [3.8, 4) is 6.07 Å². The first-order valence-corrected chi connectivity index (χ1v) is 12.4. The van der Waals surface area contributed by atoms with Crippen LogP contribution in [0.15, 0.2) is 69.4 Å². The van der Waals surface area contributed by atoms with E-state index < -0.39 is 15.8 Å². The Labute approximate surface area is 222 Å². The molecule has 0 spiro atoms. The molecule has 1 heterocycles. The summed E-state index contributed by atoms with van der Waals surface area (Å²) in [6, 6.07) is 15.4. The van der Waals surface area contributed by atoms with Crippen LogP contribution in [0.5, 0.6) is 0 Å². The topological polar surface area (TPSA) is 152 Å². The number of carbonyl (C=O) groups excluding carboxylic acids is 1. The number of anilines is 1. The lowest BCUT2D eigenvalue weighted by atomic mass is 10.1. The number of carbonyl (C=O) groups is 1. The van der Waals surface area contributed by atoms with E-state index in [0.717, 1.165) is 11.8 Å². The molecule has 1 N–H and O–H groups in total. The molecule has 37 heavy (non-hydrogen) atoms. The molecule has 1 aromatic heterocycles. The number of nitrogens with one attached hydrogen (secondary N) is 1.